The quantitative estimate of drug-likeness (QED) is 0.256. The predicted molar refractivity (Wildman–Crippen MR) is 132 cm³/mol. The zero-order valence-electron chi connectivity index (χ0n) is 19.0. The second-order valence-electron chi connectivity index (χ2n) is 8.17. The minimum atomic E-state index is -1.08. The van der Waals surface area contributed by atoms with Gasteiger partial charge in [-0.1, -0.05) is 61.5 Å². The Morgan fingerprint density at radius 2 is 1.77 bits per heavy atom. The van der Waals surface area contributed by atoms with Crippen molar-refractivity contribution in [3.8, 4) is 5.75 Å². The Morgan fingerprint density at radius 1 is 1.03 bits per heavy atom. The molecule has 1 unspecified atom stereocenters. The number of anilines is 1. The number of hydrogen-bond acceptors (Lipinski definition) is 5. The van der Waals surface area contributed by atoms with Gasteiger partial charge >= 0.3 is 12.0 Å². The summed E-state index contributed by atoms with van der Waals surface area (Å²) in [5.41, 5.74) is 2.21. The Hall–Kier alpha value is -4.39. The van der Waals surface area contributed by atoms with E-state index in [4.69, 9.17) is 9.15 Å². The van der Waals surface area contributed by atoms with Gasteiger partial charge in [-0.3, -0.25) is 4.90 Å². The summed E-state index contributed by atoms with van der Waals surface area (Å²) in [6.45, 7) is 2.26. The molecule has 0 spiro atoms. The van der Waals surface area contributed by atoms with E-state index in [0.29, 0.717) is 35.5 Å². The van der Waals surface area contributed by atoms with Crippen molar-refractivity contribution in [2.45, 2.75) is 26.1 Å². The maximum atomic E-state index is 13.5. The molecule has 1 N–H and O–H groups in total. The number of ether oxygens (including phenoxy) is 1. The van der Waals surface area contributed by atoms with Gasteiger partial charge in [0.05, 0.1) is 6.54 Å². The molecule has 5 aromatic rings. The molecule has 1 heterocycles. The lowest BCUT2D eigenvalue weighted by atomic mass is 10.1. The predicted octanol–water partition coefficient (Wildman–Crippen LogP) is 6.64. The number of halogens is 1. The van der Waals surface area contributed by atoms with E-state index >= 15 is 0 Å². The van der Waals surface area contributed by atoms with Crippen LogP contribution in [-0.2, 0) is 6.54 Å². The number of hydrogen-bond donors (Lipinski definition) is 1. The molecule has 0 aliphatic heterocycles. The molecule has 4 aromatic carbocycles. The second-order valence-corrected chi connectivity index (χ2v) is 8.17. The van der Waals surface area contributed by atoms with Crippen LogP contribution in [0.25, 0.3) is 21.9 Å². The number of nitrogens with zero attached hydrogens (tertiary/aromatic N) is 2. The number of oxazole rings is 1. The molecule has 176 valence electrons. The summed E-state index contributed by atoms with van der Waals surface area (Å²) >= 11 is 0. The van der Waals surface area contributed by atoms with Crippen LogP contribution in [0.3, 0.4) is 0 Å². The number of fused-ring (bicyclic) bond motifs is 2. The number of carbonyl (C=O) groups is 1. The monoisotopic (exact) mass is 470 g/mol. The van der Waals surface area contributed by atoms with Crippen molar-refractivity contribution in [2.24, 2.45) is 0 Å². The van der Waals surface area contributed by atoms with Crippen molar-refractivity contribution in [2.75, 3.05) is 4.90 Å². The highest BCUT2D eigenvalue weighted by Gasteiger charge is 2.27. The van der Waals surface area contributed by atoms with Crippen LogP contribution in [0.2, 0.25) is 0 Å². The van der Waals surface area contributed by atoms with Gasteiger partial charge in [-0.15, -0.1) is 0 Å². The maximum absolute atomic E-state index is 13.5. The van der Waals surface area contributed by atoms with Crippen LogP contribution < -0.4 is 9.64 Å². The molecule has 1 aromatic heterocycles. The molecule has 0 amide bonds. The molecule has 1 atom stereocenters. The van der Waals surface area contributed by atoms with Crippen molar-refractivity contribution in [3.63, 3.8) is 0 Å². The fourth-order valence-electron chi connectivity index (χ4n) is 4.10. The third kappa shape index (κ3) is 4.53. The fourth-order valence-corrected chi connectivity index (χ4v) is 4.10. The fraction of sp³-hybridized carbons (Fsp3) is 0.143. The first-order valence-corrected chi connectivity index (χ1v) is 11.3. The summed E-state index contributed by atoms with van der Waals surface area (Å²) in [6.07, 6.45) is -0.112. The minimum Gasteiger partial charge on any atom is -0.478 e. The van der Waals surface area contributed by atoms with Crippen molar-refractivity contribution >= 4 is 33.9 Å². The Labute approximate surface area is 201 Å². The van der Waals surface area contributed by atoms with Gasteiger partial charge in [-0.2, -0.15) is 4.98 Å². The summed E-state index contributed by atoms with van der Waals surface area (Å²) in [5.74, 6) is -1.12. The van der Waals surface area contributed by atoms with Gasteiger partial charge in [-0.25, -0.2) is 9.18 Å². The molecule has 5 rings (SSSR count). The number of para-hydroxylation sites is 2. The van der Waals surface area contributed by atoms with Gasteiger partial charge in [0.15, 0.2) is 11.8 Å². The lowest BCUT2D eigenvalue weighted by molar-refractivity contribution is 0.0688. The average Bonchev–Trinajstić information content (AvgIpc) is 3.31. The molecule has 0 saturated heterocycles. The number of carboxylic acids is 1. The zero-order valence-corrected chi connectivity index (χ0v) is 19.0. The van der Waals surface area contributed by atoms with E-state index in [1.54, 1.807) is 24.3 Å². The normalized spacial score (nSPS) is 12.1. The first-order chi connectivity index (χ1) is 17.0. The molecule has 0 bridgehead atoms. The summed E-state index contributed by atoms with van der Waals surface area (Å²) in [4.78, 5) is 18.5. The van der Waals surface area contributed by atoms with E-state index in [0.717, 1.165) is 10.9 Å². The summed E-state index contributed by atoms with van der Waals surface area (Å²) < 4.78 is 26.0. The highest BCUT2D eigenvalue weighted by molar-refractivity contribution is 6.00. The van der Waals surface area contributed by atoms with Crippen LogP contribution in [0.15, 0.2) is 89.3 Å². The standard InChI is InChI=1S/C28H23FN2O4/c1-2-25(35-26-21-8-4-3-7-19(21)13-16-22(26)27(32)33)31(17-18-11-14-20(29)15-12-18)28-30-23-9-5-6-10-24(23)34-28/h3-16,25H,2,17H2,1H3,(H,32,33). The minimum absolute atomic E-state index is 0.0708. The third-order valence-electron chi connectivity index (χ3n) is 5.86. The van der Waals surface area contributed by atoms with Gasteiger partial charge in [0.25, 0.3) is 0 Å². The summed E-state index contributed by atoms with van der Waals surface area (Å²) in [7, 11) is 0. The molecule has 35 heavy (non-hydrogen) atoms. The van der Waals surface area contributed by atoms with Crippen molar-refractivity contribution in [1.82, 2.24) is 4.98 Å². The van der Waals surface area contributed by atoms with E-state index in [-0.39, 0.29) is 17.1 Å². The lowest BCUT2D eigenvalue weighted by Crippen LogP contribution is -2.39. The zero-order chi connectivity index (χ0) is 24.4. The number of aromatic nitrogens is 1. The van der Waals surface area contributed by atoms with Crippen LogP contribution in [0.5, 0.6) is 5.75 Å². The van der Waals surface area contributed by atoms with Crippen molar-refractivity contribution in [1.29, 1.82) is 0 Å². The van der Waals surface area contributed by atoms with E-state index in [2.05, 4.69) is 4.98 Å². The Morgan fingerprint density at radius 3 is 2.51 bits per heavy atom. The van der Waals surface area contributed by atoms with Crippen molar-refractivity contribution < 1.29 is 23.4 Å². The van der Waals surface area contributed by atoms with Gasteiger partial charge in [0.1, 0.15) is 22.6 Å². The molecule has 0 aliphatic carbocycles. The largest absolute Gasteiger partial charge is 0.478 e. The molecule has 6 nitrogen and oxygen atoms in total. The van der Waals surface area contributed by atoms with Crippen LogP contribution in [0.4, 0.5) is 10.4 Å². The van der Waals surface area contributed by atoms with Crippen molar-refractivity contribution in [3.05, 3.63) is 102 Å². The van der Waals surface area contributed by atoms with Crippen LogP contribution in [0.1, 0.15) is 29.3 Å². The molecule has 0 radical (unpaired) electrons. The number of rotatable bonds is 8. The number of carboxylic acid groups (broad SMARTS) is 1. The Bertz CT molecular complexity index is 1460. The highest BCUT2D eigenvalue weighted by Crippen LogP contribution is 2.34. The summed E-state index contributed by atoms with van der Waals surface area (Å²) in [5, 5.41) is 11.4. The molecule has 7 heteroatoms. The third-order valence-corrected chi connectivity index (χ3v) is 5.86. The van der Waals surface area contributed by atoms with Gasteiger partial charge in [0.2, 0.25) is 0 Å². The first-order valence-electron chi connectivity index (χ1n) is 11.3. The topological polar surface area (TPSA) is 75.8 Å². The molecule has 0 fully saturated rings. The van der Waals surface area contributed by atoms with Gasteiger partial charge in [-0.05, 0) is 41.3 Å². The lowest BCUT2D eigenvalue weighted by Gasteiger charge is -2.31. The molecule has 0 aliphatic rings. The van der Waals surface area contributed by atoms with Crippen LogP contribution in [-0.4, -0.2) is 22.3 Å². The van der Waals surface area contributed by atoms with Gasteiger partial charge < -0.3 is 14.3 Å². The number of benzene rings is 4. The molecule has 0 saturated carbocycles. The first kappa shape index (κ1) is 22.4. The van der Waals surface area contributed by atoms with E-state index in [1.165, 1.54) is 12.1 Å². The summed E-state index contributed by atoms with van der Waals surface area (Å²) in [6, 6.07) is 24.7. The van der Waals surface area contributed by atoms with Crippen LogP contribution in [0, 0.1) is 5.82 Å². The van der Waals surface area contributed by atoms with Crippen LogP contribution >= 0.6 is 0 Å². The Balaban J connectivity index is 1.60. The van der Waals surface area contributed by atoms with Gasteiger partial charge in [0, 0.05) is 11.8 Å². The molecular weight excluding hydrogens is 447 g/mol. The highest BCUT2D eigenvalue weighted by atomic mass is 19.1. The molecular formula is C28H23FN2O4. The number of aromatic carboxylic acids is 1. The average molecular weight is 471 g/mol. The second kappa shape index (κ2) is 9.46. The van der Waals surface area contributed by atoms with E-state index in [1.807, 2.05) is 60.4 Å². The smallest absolute Gasteiger partial charge is 0.339 e. The van der Waals surface area contributed by atoms with E-state index in [9.17, 15) is 14.3 Å². The maximum Gasteiger partial charge on any atom is 0.339 e. The van der Waals surface area contributed by atoms with E-state index < -0.39 is 12.2 Å². The Kier molecular flexibility index (Phi) is 6.06. The SMILES string of the molecule is CCC(Oc1c(C(=O)O)ccc2ccccc12)N(Cc1ccc(F)cc1)c1nc2ccccc2o1.